The fourth-order valence-electron chi connectivity index (χ4n) is 3.26. The summed E-state index contributed by atoms with van der Waals surface area (Å²) in [4.78, 5) is 24.2. The van der Waals surface area contributed by atoms with E-state index < -0.39 is 0 Å². The van der Waals surface area contributed by atoms with E-state index in [1.807, 2.05) is 24.3 Å². The molecular weight excluding hydrogens is 330 g/mol. The number of ether oxygens (including phenoxy) is 1. The molecule has 1 N–H and O–H groups in total. The van der Waals surface area contributed by atoms with E-state index in [4.69, 9.17) is 4.74 Å². The maximum atomic E-state index is 12.3. The van der Waals surface area contributed by atoms with Gasteiger partial charge in [0, 0.05) is 17.8 Å². The first-order valence-corrected chi connectivity index (χ1v) is 8.63. The molecule has 1 aliphatic heterocycles. The number of carbonyl (C=O) groups excluding carboxylic acids is 1. The summed E-state index contributed by atoms with van der Waals surface area (Å²) < 4.78 is 7.31. The molecular formula is C20H19N3O3. The minimum atomic E-state index is -0.143. The third kappa shape index (κ3) is 3.31. The highest BCUT2D eigenvalue weighted by atomic mass is 16.5. The Morgan fingerprint density at radius 2 is 2.00 bits per heavy atom. The summed E-state index contributed by atoms with van der Waals surface area (Å²) in [6.07, 6.45) is 2.14. The highest BCUT2D eigenvalue weighted by Gasteiger charge is 2.20. The molecule has 6 heteroatoms. The number of rotatable bonds is 4. The van der Waals surface area contributed by atoms with Crippen LogP contribution in [0.25, 0.3) is 10.9 Å². The molecule has 0 fully saturated rings. The Kier molecular flexibility index (Phi) is 4.39. The molecule has 2 heterocycles. The Morgan fingerprint density at radius 3 is 2.92 bits per heavy atom. The van der Waals surface area contributed by atoms with Gasteiger partial charge in [-0.25, -0.2) is 0 Å². The van der Waals surface area contributed by atoms with E-state index in [0.29, 0.717) is 24.1 Å². The topological polar surface area (TPSA) is 73.2 Å². The van der Waals surface area contributed by atoms with Crippen LogP contribution in [0, 0.1) is 5.92 Å². The average Bonchev–Trinajstić information content (AvgIpc) is 2.68. The molecule has 3 aromatic rings. The van der Waals surface area contributed by atoms with Crippen LogP contribution in [0.15, 0.2) is 59.5 Å². The lowest BCUT2D eigenvalue weighted by atomic mass is 9.97. The first kappa shape index (κ1) is 16.3. The number of benzene rings is 2. The normalized spacial score (nSPS) is 15.9. The van der Waals surface area contributed by atoms with Crippen molar-refractivity contribution in [3.8, 4) is 5.75 Å². The Bertz CT molecular complexity index is 1010. The van der Waals surface area contributed by atoms with E-state index in [2.05, 4.69) is 16.5 Å². The van der Waals surface area contributed by atoms with Gasteiger partial charge in [0.15, 0.2) is 0 Å². The van der Waals surface area contributed by atoms with Gasteiger partial charge in [-0.15, -0.1) is 0 Å². The van der Waals surface area contributed by atoms with E-state index >= 15 is 0 Å². The third-order valence-electron chi connectivity index (χ3n) is 4.60. The minimum absolute atomic E-state index is 0.0744. The van der Waals surface area contributed by atoms with Crippen molar-refractivity contribution < 1.29 is 9.53 Å². The molecule has 1 amide bonds. The number of nitrogens with zero attached hydrogens (tertiary/aromatic N) is 2. The van der Waals surface area contributed by atoms with E-state index in [9.17, 15) is 9.59 Å². The lowest BCUT2D eigenvalue weighted by molar-refractivity contribution is -0.122. The van der Waals surface area contributed by atoms with Gasteiger partial charge in [-0.3, -0.25) is 14.3 Å². The van der Waals surface area contributed by atoms with Crippen LogP contribution in [0.5, 0.6) is 5.75 Å². The van der Waals surface area contributed by atoms with Crippen LogP contribution in [0.1, 0.15) is 5.56 Å². The van der Waals surface area contributed by atoms with Crippen molar-refractivity contribution in [1.29, 1.82) is 0 Å². The molecule has 1 aliphatic rings. The standard InChI is InChI=1S/C20H19N3O3/c24-18-11-22-23(17-7-3-2-6-16(17)18)12-20(25)21-10-14-9-15-5-1-4-8-19(15)26-13-14/h1-8,11,14H,9-10,12-13H2,(H,21,25). The maximum Gasteiger partial charge on any atom is 0.241 e. The second-order valence-electron chi connectivity index (χ2n) is 6.48. The van der Waals surface area contributed by atoms with Crippen molar-refractivity contribution in [1.82, 2.24) is 15.1 Å². The van der Waals surface area contributed by atoms with Gasteiger partial charge in [-0.2, -0.15) is 5.10 Å². The molecule has 1 atom stereocenters. The third-order valence-corrected chi connectivity index (χ3v) is 4.60. The number of nitrogens with one attached hydrogen (secondary N) is 1. The number of aromatic nitrogens is 2. The first-order chi connectivity index (χ1) is 12.7. The van der Waals surface area contributed by atoms with Gasteiger partial charge < -0.3 is 10.1 Å². The SMILES string of the molecule is O=C(Cn1ncc(=O)c2ccccc21)NCC1COc2ccccc2C1. The molecule has 0 aliphatic carbocycles. The first-order valence-electron chi connectivity index (χ1n) is 8.63. The summed E-state index contributed by atoms with van der Waals surface area (Å²) in [6.45, 7) is 1.22. The molecule has 4 rings (SSSR count). The fraction of sp³-hybridized carbons (Fsp3) is 0.250. The molecule has 0 radical (unpaired) electrons. The quantitative estimate of drug-likeness (QED) is 0.779. The van der Waals surface area contributed by atoms with Crippen molar-refractivity contribution in [3.63, 3.8) is 0 Å². The Hall–Kier alpha value is -3.15. The maximum absolute atomic E-state index is 12.3. The minimum Gasteiger partial charge on any atom is -0.493 e. The van der Waals surface area contributed by atoms with Crippen molar-refractivity contribution >= 4 is 16.8 Å². The summed E-state index contributed by atoms with van der Waals surface area (Å²) in [5.41, 5.74) is 1.69. The summed E-state index contributed by atoms with van der Waals surface area (Å²) in [7, 11) is 0. The molecule has 2 aromatic carbocycles. The number of hydrogen-bond acceptors (Lipinski definition) is 4. The van der Waals surface area contributed by atoms with E-state index in [1.54, 1.807) is 22.9 Å². The van der Waals surface area contributed by atoms with Crippen LogP contribution in [0.2, 0.25) is 0 Å². The van der Waals surface area contributed by atoms with Crippen LogP contribution in [-0.4, -0.2) is 28.8 Å². The van der Waals surface area contributed by atoms with Gasteiger partial charge >= 0.3 is 0 Å². The Balaban J connectivity index is 1.40. The summed E-state index contributed by atoms with van der Waals surface area (Å²) in [6, 6.07) is 15.1. The molecule has 1 aromatic heterocycles. The van der Waals surface area contributed by atoms with Crippen molar-refractivity contribution in [3.05, 3.63) is 70.5 Å². The second-order valence-corrected chi connectivity index (χ2v) is 6.48. The molecule has 6 nitrogen and oxygen atoms in total. The zero-order chi connectivity index (χ0) is 17.9. The van der Waals surface area contributed by atoms with Gasteiger partial charge in [0.05, 0.1) is 18.3 Å². The lowest BCUT2D eigenvalue weighted by Crippen LogP contribution is -2.36. The van der Waals surface area contributed by atoms with Crippen LogP contribution in [0.3, 0.4) is 0 Å². The number of carbonyl (C=O) groups is 1. The number of amides is 1. The van der Waals surface area contributed by atoms with Crippen molar-refractivity contribution in [2.45, 2.75) is 13.0 Å². The van der Waals surface area contributed by atoms with Gasteiger partial charge in [-0.1, -0.05) is 30.3 Å². The van der Waals surface area contributed by atoms with Crippen molar-refractivity contribution in [2.24, 2.45) is 5.92 Å². The van der Waals surface area contributed by atoms with Crippen molar-refractivity contribution in [2.75, 3.05) is 13.2 Å². The van der Waals surface area contributed by atoms with E-state index in [0.717, 1.165) is 12.2 Å². The largest absolute Gasteiger partial charge is 0.493 e. The Labute approximate surface area is 150 Å². The fourth-order valence-corrected chi connectivity index (χ4v) is 3.26. The molecule has 0 saturated heterocycles. The van der Waals surface area contributed by atoms with Gasteiger partial charge in [0.25, 0.3) is 0 Å². The number of para-hydroxylation sites is 2. The summed E-state index contributed by atoms with van der Waals surface area (Å²) >= 11 is 0. The van der Waals surface area contributed by atoms with Crippen LogP contribution in [0.4, 0.5) is 0 Å². The monoisotopic (exact) mass is 349 g/mol. The Morgan fingerprint density at radius 1 is 1.19 bits per heavy atom. The van der Waals surface area contributed by atoms with Gasteiger partial charge in [0.1, 0.15) is 12.3 Å². The number of fused-ring (bicyclic) bond motifs is 2. The summed E-state index contributed by atoms with van der Waals surface area (Å²) in [5.74, 6) is 1.04. The number of hydrogen-bond donors (Lipinski definition) is 1. The smallest absolute Gasteiger partial charge is 0.241 e. The zero-order valence-electron chi connectivity index (χ0n) is 14.2. The molecule has 0 bridgehead atoms. The van der Waals surface area contributed by atoms with Gasteiger partial charge in [-0.05, 0) is 30.2 Å². The lowest BCUT2D eigenvalue weighted by Gasteiger charge is -2.25. The van der Waals surface area contributed by atoms with Crippen LogP contribution < -0.4 is 15.5 Å². The van der Waals surface area contributed by atoms with Crippen LogP contribution in [-0.2, 0) is 17.8 Å². The molecule has 1 unspecified atom stereocenters. The highest BCUT2D eigenvalue weighted by Crippen LogP contribution is 2.26. The second kappa shape index (κ2) is 7.00. The van der Waals surface area contributed by atoms with E-state index in [1.165, 1.54) is 11.8 Å². The highest BCUT2D eigenvalue weighted by molar-refractivity contribution is 5.81. The predicted molar refractivity (Wildman–Crippen MR) is 98.1 cm³/mol. The molecule has 132 valence electrons. The molecule has 0 spiro atoms. The summed E-state index contributed by atoms with van der Waals surface area (Å²) in [5, 5.41) is 7.61. The van der Waals surface area contributed by atoms with E-state index in [-0.39, 0.29) is 23.8 Å². The zero-order valence-corrected chi connectivity index (χ0v) is 14.2. The molecule has 0 saturated carbocycles. The predicted octanol–water partition coefficient (Wildman–Crippen LogP) is 1.76. The van der Waals surface area contributed by atoms with Gasteiger partial charge in [0.2, 0.25) is 11.3 Å². The van der Waals surface area contributed by atoms with Crippen LogP contribution >= 0.6 is 0 Å². The molecule has 26 heavy (non-hydrogen) atoms. The average molecular weight is 349 g/mol.